The van der Waals surface area contributed by atoms with Crippen LogP contribution in [0.4, 0.5) is 0 Å². The predicted molar refractivity (Wildman–Crippen MR) is 165 cm³/mol. The summed E-state index contributed by atoms with van der Waals surface area (Å²) in [5, 5.41) is 16.3. The highest BCUT2D eigenvalue weighted by atomic mass is 16.5. The molecule has 0 radical (unpaired) electrons. The molecule has 5 heteroatoms. The number of allylic oxidation sites excluding steroid dienone is 3. The fourth-order valence-corrected chi connectivity index (χ4v) is 3.51. The summed E-state index contributed by atoms with van der Waals surface area (Å²) >= 11 is 0. The first kappa shape index (κ1) is 40.2. The third kappa shape index (κ3) is 31.8. The molecule has 0 aromatic heterocycles. The third-order valence-corrected chi connectivity index (χ3v) is 5.53. The van der Waals surface area contributed by atoms with Gasteiger partial charge < -0.3 is 19.7 Å². The lowest BCUT2D eigenvalue weighted by molar-refractivity contribution is -0.140. The highest BCUT2D eigenvalue weighted by Gasteiger charge is 1.99. The van der Waals surface area contributed by atoms with E-state index in [4.69, 9.17) is 9.84 Å². The van der Waals surface area contributed by atoms with E-state index in [1.54, 1.807) is 19.1 Å². The molecule has 0 aliphatic carbocycles. The molecule has 2 N–H and O–H groups in total. The van der Waals surface area contributed by atoms with Crippen LogP contribution in [0.5, 0.6) is 11.5 Å². The third-order valence-electron chi connectivity index (χ3n) is 5.53. The standard InChI is InChI=1S/C18H36.C10H12O2.C4H8O2.CH4O/c1-3-5-7-9-11-13-15-17-18-16-14-12-10-8-6-4-2;1-3-4-8-5-6-9(11)10(7-8)12-2;1-3-6-4(2)5;1-2/h17-18H,3-16H2,1-2H3;3-7,11H,1-2H3;3H2,1-2H3;2H,1H3/b18-17+;4-3+;;. The zero-order valence-corrected chi connectivity index (χ0v) is 25.8. The maximum atomic E-state index is 9.82. The normalized spacial score (nSPS) is 10.1. The van der Waals surface area contributed by atoms with Gasteiger partial charge in [0.15, 0.2) is 11.5 Å². The zero-order valence-electron chi connectivity index (χ0n) is 25.8. The second-order valence-electron chi connectivity index (χ2n) is 8.94. The van der Waals surface area contributed by atoms with Gasteiger partial charge in [-0.1, -0.05) is 108 Å². The van der Waals surface area contributed by atoms with E-state index in [0.29, 0.717) is 12.4 Å². The summed E-state index contributed by atoms with van der Waals surface area (Å²) in [4.78, 5) is 9.82. The van der Waals surface area contributed by atoms with Crippen molar-refractivity contribution in [1.82, 2.24) is 0 Å². The van der Waals surface area contributed by atoms with Crippen LogP contribution >= 0.6 is 0 Å². The summed E-state index contributed by atoms with van der Waals surface area (Å²) in [6, 6.07) is 5.24. The van der Waals surface area contributed by atoms with E-state index in [0.717, 1.165) is 12.7 Å². The first-order chi connectivity index (χ1) is 18.5. The number of aliphatic hydroxyl groups excluding tert-OH is 1. The van der Waals surface area contributed by atoms with Crippen molar-refractivity contribution in [3.05, 3.63) is 42.0 Å². The fourth-order valence-electron chi connectivity index (χ4n) is 3.51. The summed E-state index contributed by atoms with van der Waals surface area (Å²) in [5.41, 5.74) is 1.02. The molecule has 0 heterocycles. The van der Waals surface area contributed by atoms with Crippen LogP contribution in [0.25, 0.3) is 6.08 Å². The lowest BCUT2D eigenvalue weighted by Crippen LogP contribution is -1.95. The van der Waals surface area contributed by atoms with E-state index in [-0.39, 0.29) is 11.7 Å². The summed E-state index contributed by atoms with van der Waals surface area (Å²) in [5.74, 6) is 0.467. The Labute approximate surface area is 235 Å². The summed E-state index contributed by atoms with van der Waals surface area (Å²) in [6.45, 7) is 10.2. The van der Waals surface area contributed by atoms with Crippen molar-refractivity contribution in [3.8, 4) is 11.5 Å². The van der Waals surface area contributed by atoms with Crippen molar-refractivity contribution < 1.29 is 24.5 Å². The largest absolute Gasteiger partial charge is 0.504 e. The first-order valence-electron chi connectivity index (χ1n) is 14.7. The number of methoxy groups -OCH3 is 1. The van der Waals surface area contributed by atoms with Gasteiger partial charge in [0.25, 0.3) is 0 Å². The van der Waals surface area contributed by atoms with Gasteiger partial charge in [-0.25, -0.2) is 0 Å². The fraction of sp³-hybridized carbons (Fsp3) is 0.667. The Morgan fingerprint density at radius 1 is 0.816 bits per heavy atom. The van der Waals surface area contributed by atoms with Crippen molar-refractivity contribution in [3.63, 3.8) is 0 Å². The van der Waals surface area contributed by atoms with Crippen LogP contribution in [0.1, 0.15) is 130 Å². The molecule has 5 nitrogen and oxygen atoms in total. The Morgan fingerprint density at radius 3 is 1.66 bits per heavy atom. The zero-order chi connectivity index (χ0) is 29.3. The van der Waals surface area contributed by atoms with Gasteiger partial charge >= 0.3 is 5.97 Å². The summed E-state index contributed by atoms with van der Waals surface area (Å²) in [7, 11) is 2.54. The monoisotopic (exact) mass is 536 g/mol. The number of carbonyl (C=O) groups excluding carboxylic acids is 1. The van der Waals surface area contributed by atoms with Crippen molar-refractivity contribution in [2.24, 2.45) is 0 Å². The minimum absolute atomic E-state index is 0.172. The number of aromatic hydroxyl groups is 1. The molecule has 38 heavy (non-hydrogen) atoms. The Hall–Kier alpha value is -2.27. The van der Waals surface area contributed by atoms with Crippen LogP contribution in [0.3, 0.4) is 0 Å². The number of hydrogen-bond donors (Lipinski definition) is 2. The van der Waals surface area contributed by atoms with Gasteiger partial charge in [-0.3, -0.25) is 4.79 Å². The van der Waals surface area contributed by atoms with Crippen molar-refractivity contribution >= 4 is 12.0 Å². The highest BCUT2D eigenvalue weighted by Crippen LogP contribution is 2.26. The number of ether oxygens (including phenoxy) is 2. The van der Waals surface area contributed by atoms with Gasteiger partial charge in [0.2, 0.25) is 0 Å². The molecule has 0 atom stereocenters. The van der Waals surface area contributed by atoms with E-state index < -0.39 is 0 Å². The van der Waals surface area contributed by atoms with E-state index in [1.165, 1.54) is 104 Å². The van der Waals surface area contributed by atoms with E-state index in [9.17, 15) is 9.90 Å². The van der Waals surface area contributed by atoms with E-state index in [2.05, 4.69) is 30.7 Å². The second-order valence-corrected chi connectivity index (χ2v) is 8.94. The van der Waals surface area contributed by atoms with Crippen LogP contribution in [0.15, 0.2) is 36.4 Å². The summed E-state index contributed by atoms with van der Waals surface area (Å²) < 4.78 is 9.35. The minimum atomic E-state index is -0.211. The van der Waals surface area contributed by atoms with Gasteiger partial charge in [-0.2, -0.15) is 0 Å². The van der Waals surface area contributed by atoms with Gasteiger partial charge in [-0.05, 0) is 57.2 Å². The molecule has 0 amide bonds. The van der Waals surface area contributed by atoms with E-state index in [1.807, 2.05) is 25.1 Å². The Kier molecular flexibility index (Phi) is 36.8. The molecule has 0 aliphatic heterocycles. The molecule has 0 saturated heterocycles. The molecule has 0 unspecified atom stereocenters. The molecule has 0 saturated carbocycles. The molecule has 1 aromatic carbocycles. The molecule has 0 aliphatic rings. The first-order valence-corrected chi connectivity index (χ1v) is 14.7. The molecule has 1 rings (SSSR count). The number of esters is 1. The molecule has 0 fully saturated rings. The maximum absolute atomic E-state index is 9.82. The van der Waals surface area contributed by atoms with E-state index >= 15 is 0 Å². The lowest BCUT2D eigenvalue weighted by Gasteiger charge is -2.03. The molecular weight excluding hydrogens is 476 g/mol. The van der Waals surface area contributed by atoms with Crippen LogP contribution in [-0.2, 0) is 9.53 Å². The topological polar surface area (TPSA) is 76.0 Å². The molecule has 222 valence electrons. The second kappa shape index (κ2) is 34.7. The lowest BCUT2D eigenvalue weighted by atomic mass is 10.1. The van der Waals surface area contributed by atoms with Crippen molar-refractivity contribution in [1.29, 1.82) is 0 Å². The van der Waals surface area contributed by atoms with Gasteiger partial charge in [0.1, 0.15) is 0 Å². The number of benzene rings is 1. The molecule has 1 aromatic rings. The smallest absolute Gasteiger partial charge is 0.302 e. The van der Waals surface area contributed by atoms with Gasteiger partial charge in [0, 0.05) is 14.0 Å². The van der Waals surface area contributed by atoms with Gasteiger partial charge in [-0.15, -0.1) is 0 Å². The van der Waals surface area contributed by atoms with Gasteiger partial charge in [0.05, 0.1) is 13.7 Å². The average molecular weight is 537 g/mol. The van der Waals surface area contributed by atoms with Crippen LogP contribution in [0, 0.1) is 0 Å². The number of hydrogen-bond acceptors (Lipinski definition) is 5. The van der Waals surface area contributed by atoms with Crippen molar-refractivity contribution in [2.75, 3.05) is 20.8 Å². The Balaban J connectivity index is -0.000000523. The van der Waals surface area contributed by atoms with Crippen molar-refractivity contribution in [2.45, 2.75) is 125 Å². The molecule has 0 bridgehead atoms. The maximum Gasteiger partial charge on any atom is 0.302 e. The van der Waals surface area contributed by atoms with Crippen LogP contribution < -0.4 is 4.74 Å². The molecular formula is C33H60O5. The Bertz CT molecular complexity index is 649. The average Bonchev–Trinajstić information content (AvgIpc) is 2.92. The number of unbranched alkanes of at least 4 members (excludes halogenated alkanes) is 12. The number of phenols is 1. The Morgan fingerprint density at radius 2 is 1.29 bits per heavy atom. The number of rotatable bonds is 17. The number of aliphatic hydroxyl groups is 1. The highest BCUT2D eigenvalue weighted by molar-refractivity contribution is 5.65. The van der Waals surface area contributed by atoms with Crippen LogP contribution in [-0.4, -0.2) is 37.0 Å². The molecule has 0 spiro atoms. The minimum Gasteiger partial charge on any atom is -0.504 e. The quantitative estimate of drug-likeness (QED) is 0.118. The SMILES string of the molecule is C/C=C/c1ccc(O)c(OC)c1.CCCCCCCC/C=C/CCCCCCCC.CCOC(C)=O.CO. The van der Waals surface area contributed by atoms with Crippen LogP contribution in [0.2, 0.25) is 0 Å². The number of carbonyl (C=O) groups is 1. The summed E-state index contributed by atoms with van der Waals surface area (Å²) in [6.07, 6.45) is 28.3. The number of phenolic OH excluding ortho intramolecular Hbond substituents is 1. The predicted octanol–water partition coefficient (Wildman–Crippen LogP) is 9.66.